The Kier molecular flexibility index (Phi) is 5.53. The number of esters is 1. The first kappa shape index (κ1) is 14.4. The van der Waals surface area contributed by atoms with E-state index < -0.39 is 5.97 Å². The van der Waals surface area contributed by atoms with Crippen molar-refractivity contribution in [3.05, 3.63) is 34.9 Å². The summed E-state index contributed by atoms with van der Waals surface area (Å²) in [6.45, 7) is 1.95. The minimum Gasteiger partial charge on any atom is -0.462 e. The molecular weight excluding hydrogens is 298 g/mol. The van der Waals surface area contributed by atoms with Crippen molar-refractivity contribution in [1.29, 1.82) is 5.26 Å². The van der Waals surface area contributed by atoms with Crippen LogP contribution in [-0.4, -0.2) is 23.7 Å². The number of ether oxygens (including phenoxy) is 1. The van der Waals surface area contributed by atoms with Gasteiger partial charge < -0.3 is 4.74 Å². The fraction of sp³-hybridized carbons (Fsp3) is 0.308. The topological polar surface area (TPSA) is 67.2 Å². The Hall–Kier alpha value is -1.67. The second-order valence-electron chi connectivity index (χ2n) is 3.49. The fourth-order valence-corrected chi connectivity index (χ4v) is 1.78. The Balaban J connectivity index is 3.14. The molecule has 0 heterocycles. The molecule has 0 atom stereocenters. The predicted octanol–water partition coefficient (Wildman–Crippen LogP) is 2.70. The monoisotopic (exact) mass is 309 g/mol. The third kappa shape index (κ3) is 3.67. The van der Waals surface area contributed by atoms with Crippen LogP contribution in [0.4, 0.5) is 0 Å². The summed E-state index contributed by atoms with van der Waals surface area (Å²) in [5.41, 5.74) is 0.865. The number of nitrogens with zero attached hydrogens (tertiary/aromatic N) is 1. The van der Waals surface area contributed by atoms with E-state index >= 15 is 0 Å². The molecule has 0 aliphatic rings. The van der Waals surface area contributed by atoms with Crippen LogP contribution in [0, 0.1) is 11.3 Å². The van der Waals surface area contributed by atoms with E-state index in [9.17, 15) is 9.59 Å². The van der Waals surface area contributed by atoms with Gasteiger partial charge in [0.05, 0.1) is 23.8 Å². The normalized spacial score (nSPS) is 9.61. The van der Waals surface area contributed by atoms with Gasteiger partial charge in [-0.05, 0) is 25.1 Å². The van der Waals surface area contributed by atoms with Crippen molar-refractivity contribution in [2.45, 2.75) is 13.3 Å². The Bertz CT molecular complexity index is 469. The molecule has 94 valence electrons. The van der Waals surface area contributed by atoms with Gasteiger partial charge in [-0.25, -0.2) is 4.79 Å². The zero-order chi connectivity index (χ0) is 13.5. The molecule has 0 aliphatic carbocycles. The molecule has 0 saturated carbocycles. The molecule has 0 bridgehead atoms. The number of benzene rings is 1. The van der Waals surface area contributed by atoms with Crippen LogP contribution in [0.3, 0.4) is 0 Å². The van der Waals surface area contributed by atoms with Crippen molar-refractivity contribution in [1.82, 2.24) is 0 Å². The largest absolute Gasteiger partial charge is 0.462 e. The first-order chi connectivity index (χ1) is 8.62. The molecule has 0 fully saturated rings. The van der Waals surface area contributed by atoms with Crippen molar-refractivity contribution in [3.63, 3.8) is 0 Å². The number of Topliss-reactive ketones (excluding diaryl/α,β-unsaturated/α-hetero) is 1. The first-order valence-electron chi connectivity index (χ1n) is 5.43. The summed E-state index contributed by atoms with van der Waals surface area (Å²) in [4.78, 5) is 23.3. The summed E-state index contributed by atoms with van der Waals surface area (Å²) in [7, 11) is 0. The number of hydrogen-bond acceptors (Lipinski definition) is 4. The molecule has 0 unspecified atom stereocenters. The fourth-order valence-electron chi connectivity index (χ4n) is 1.42. The zero-order valence-corrected chi connectivity index (χ0v) is 11.5. The number of carbonyl (C=O) groups is 2. The third-order valence-corrected chi connectivity index (χ3v) is 2.61. The maximum Gasteiger partial charge on any atom is 0.338 e. The van der Waals surface area contributed by atoms with E-state index in [4.69, 9.17) is 10.00 Å². The van der Waals surface area contributed by atoms with Gasteiger partial charge in [-0.3, -0.25) is 4.79 Å². The van der Waals surface area contributed by atoms with Crippen LogP contribution < -0.4 is 0 Å². The van der Waals surface area contributed by atoms with Crippen molar-refractivity contribution in [2.75, 3.05) is 11.9 Å². The van der Waals surface area contributed by atoms with Gasteiger partial charge in [0.25, 0.3) is 0 Å². The minimum absolute atomic E-state index is 0.116. The molecule has 4 nitrogen and oxygen atoms in total. The molecule has 1 rings (SSSR count). The van der Waals surface area contributed by atoms with Crippen molar-refractivity contribution < 1.29 is 14.3 Å². The van der Waals surface area contributed by atoms with Crippen molar-refractivity contribution >= 4 is 27.7 Å². The minimum atomic E-state index is -0.525. The van der Waals surface area contributed by atoms with E-state index in [0.717, 1.165) is 0 Å². The maximum atomic E-state index is 11.8. The lowest BCUT2D eigenvalue weighted by molar-refractivity contribution is 0.0526. The molecule has 0 saturated heterocycles. The van der Waals surface area contributed by atoms with Gasteiger partial charge in [0.15, 0.2) is 5.78 Å². The molecule has 18 heavy (non-hydrogen) atoms. The highest BCUT2D eigenvalue weighted by molar-refractivity contribution is 9.09. The number of carbonyl (C=O) groups excluding carboxylic acids is 2. The van der Waals surface area contributed by atoms with E-state index in [2.05, 4.69) is 15.9 Å². The summed E-state index contributed by atoms with van der Waals surface area (Å²) in [6.07, 6.45) is 0.317. The smallest absolute Gasteiger partial charge is 0.338 e. The Labute approximate surface area is 114 Å². The number of ketones is 1. The Morgan fingerprint density at radius 3 is 2.56 bits per heavy atom. The average Bonchev–Trinajstić information content (AvgIpc) is 2.38. The second-order valence-corrected chi connectivity index (χ2v) is 4.29. The standard InChI is InChI=1S/C13H12BrNO3/c1-2-18-13(17)11-6-9(8-15)5-10(7-11)12(16)3-4-14/h5-7H,2-4H2,1H3. The lowest BCUT2D eigenvalue weighted by Crippen LogP contribution is -2.08. The van der Waals surface area contributed by atoms with Crippen LogP contribution >= 0.6 is 15.9 Å². The quantitative estimate of drug-likeness (QED) is 0.476. The molecular formula is C13H12BrNO3. The number of nitriles is 1. The highest BCUT2D eigenvalue weighted by Crippen LogP contribution is 2.13. The van der Waals surface area contributed by atoms with Gasteiger partial charge in [-0.2, -0.15) is 5.26 Å². The van der Waals surface area contributed by atoms with Gasteiger partial charge in [-0.1, -0.05) is 15.9 Å². The Morgan fingerprint density at radius 2 is 2.00 bits per heavy atom. The number of alkyl halides is 1. The summed E-state index contributed by atoms with van der Waals surface area (Å²) >= 11 is 3.18. The van der Waals surface area contributed by atoms with Crippen LogP contribution in [0.1, 0.15) is 39.6 Å². The van der Waals surface area contributed by atoms with Gasteiger partial charge in [0.2, 0.25) is 0 Å². The van der Waals surface area contributed by atoms with Crippen LogP contribution in [0.15, 0.2) is 18.2 Å². The zero-order valence-electron chi connectivity index (χ0n) is 9.90. The molecule has 0 aliphatic heterocycles. The molecule has 0 radical (unpaired) electrons. The molecule has 5 heteroatoms. The molecule has 1 aromatic rings. The first-order valence-corrected chi connectivity index (χ1v) is 6.56. The van der Waals surface area contributed by atoms with E-state index in [1.54, 1.807) is 6.92 Å². The number of halogens is 1. The van der Waals surface area contributed by atoms with E-state index in [-0.39, 0.29) is 23.5 Å². The molecule has 0 amide bonds. The summed E-state index contributed by atoms with van der Waals surface area (Å²) < 4.78 is 4.85. The van der Waals surface area contributed by atoms with E-state index in [1.165, 1.54) is 18.2 Å². The van der Waals surface area contributed by atoms with Gasteiger partial charge in [-0.15, -0.1) is 0 Å². The van der Waals surface area contributed by atoms with Gasteiger partial charge >= 0.3 is 5.97 Å². The summed E-state index contributed by atoms with van der Waals surface area (Å²) in [5.74, 6) is -0.642. The highest BCUT2D eigenvalue weighted by atomic mass is 79.9. The van der Waals surface area contributed by atoms with E-state index in [0.29, 0.717) is 17.3 Å². The molecule has 0 spiro atoms. The van der Waals surface area contributed by atoms with Crippen LogP contribution in [-0.2, 0) is 4.74 Å². The van der Waals surface area contributed by atoms with Crippen molar-refractivity contribution in [2.24, 2.45) is 0 Å². The van der Waals surface area contributed by atoms with Crippen molar-refractivity contribution in [3.8, 4) is 6.07 Å². The third-order valence-electron chi connectivity index (χ3n) is 2.22. The lowest BCUT2D eigenvalue weighted by Gasteiger charge is -2.05. The second kappa shape index (κ2) is 6.92. The maximum absolute atomic E-state index is 11.8. The molecule has 0 aromatic heterocycles. The van der Waals surface area contributed by atoms with Crippen LogP contribution in [0.5, 0.6) is 0 Å². The summed E-state index contributed by atoms with van der Waals surface area (Å²) in [5, 5.41) is 9.43. The molecule has 0 N–H and O–H groups in total. The van der Waals surface area contributed by atoms with Crippen LogP contribution in [0.2, 0.25) is 0 Å². The molecule has 1 aromatic carbocycles. The van der Waals surface area contributed by atoms with Crippen LogP contribution in [0.25, 0.3) is 0 Å². The average molecular weight is 310 g/mol. The van der Waals surface area contributed by atoms with E-state index in [1.807, 2.05) is 6.07 Å². The highest BCUT2D eigenvalue weighted by Gasteiger charge is 2.13. The number of rotatable bonds is 5. The number of hydrogen-bond donors (Lipinski definition) is 0. The Morgan fingerprint density at radius 1 is 1.33 bits per heavy atom. The summed E-state index contributed by atoms with van der Waals surface area (Å²) in [6, 6.07) is 6.29. The van der Waals surface area contributed by atoms with Gasteiger partial charge in [0.1, 0.15) is 0 Å². The van der Waals surface area contributed by atoms with Gasteiger partial charge in [0, 0.05) is 17.3 Å². The predicted molar refractivity (Wildman–Crippen MR) is 69.9 cm³/mol. The lowest BCUT2D eigenvalue weighted by atomic mass is 10.0. The SMILES string of the molecule is CCOC(=O)c1cc(C#N)cc(C(=O)CCBr)c1.